The molecule has 1 aromatic carbocycles. The molecule has 1 heterocycles. The summed E-state index contributed by atoms with van der Waals surface area (Å²) in [5.74, 6) is 0.242. The topological polar surface area (TPSA) is 20.3 Å². The first-order valence-corrected chi connectivity index (χ1v) is 5.39. The second kappa shape index (κ2) is 3.37. The van der Waals surface area contributed by atoms with Crippen molar-refractivity contribution in [3.63, 3.8) is 0 Å². The highest BCUT2D eigenvalue weighted by molar-refractivity contribution is 5.99. The van der Waals surface area contributed by atoms with Gasteiger partial charge in [-0.25, -0.2) is 0 Å². The quantitative estimate of drug-likeness (QED) is 0.687. The van der Waals surface area contributed by atoms with Crippen LogP contribution in [0.4, 0.5) is 5.69 Å². The number of benzene rings is 1. The summed E-state index contributed by atoms with van der Waals surface area (Å²) in [4.78, 5) is 13.9. The highest BCUT2D eigenvalue weighted by Gasteiger charge is 2.38. The van der Waals surface area contributed by atoms with E-state index < -0.39 is 0 Å². The van der Waals surface area contributed by atoms with Crippen LogP contribution in [0.25, 0.3) is 0 Å². The predicted molar refractivity (Wildman–Crippen MR) is 61.9 cm³/mol. The van der Waals surface area contributed by atoms with Crippen LogP contribution < -0.4 is 4.90 Å². The van der Waals surface area contributed by atoms with E-state index in [9.17, 15) is 4.79 Å². The summed E-state index contributed by atoms with van der Waals surface area (Å²) in [5.41, 5.74) is 2.06. The molecule has 0 radical (unpaired) electrons. The van der Waals surface area contributed by atoms with Crippen LogP contribution in [0.3, 0.4) is 0 Å². The van der Waals surface area contributed by atoms with Crippen LogP contribution in [-0.2, 0) is 4.79 Å². The molecule has 0 N–H and O–H groups in total. The van der Waals surface area contributed by atoms with Gasteiger partial charge in [0.2, 0.25) is 5.91 Å². The molecule has 0 spiro atoms. The van der Waals surface area contributed by atoms with Crippen molar-refractivity contribution < 1.29 is 4.79 Å². The van der Waals surface area contributed by atoms with Gasteiger partial charge in [0.05, 0.1) is 0 Å². The van der Waals surface area contributed by atoms with E-state index in [4.69, 9.17) is 0 Å². The van der Waals surface area contributed by atoms with Gasteiger partial charge < -0.3 is 4.90 Å². The predicted octanol–water partition coefficient (Wildman–Crippen LogP) is 2.76. The Labute approximate surface area is 90.9 Å². The third-order valence-electron chi connectivity index (χ3n) is 3.13. The SMILES string of the molecule is Cc1ccc(N2CCC(C)(C)C2=O)cc1. The van der Waals surface area contributed by atoms with Crippen molar-refractivity contribution in [1.29, 1.82) is 0 Å². The fourth-order valence-corrected chi connectivity index (χ4v) is 1.94. The summed E-state index contributed by atoms with van der Waals surface area (Å²) in [7, 11) is 0. The van der Waals surface area contributed by atoms with Crippen molar-refractivity contribution >= 4 is 11.6 Å². The van der Waals surface area contributed by atoms with Gasteiger partial charge in [-0.05, 0) is 25.5 Å². The van der Waals surface area contributed by atoms with Crippen molar-refractivity contribution in [2.75, 3.05) is 11.4 Å². The molecule has 0 bridgehead atoms. The van der Waals surface area contributed by atoms with Gasteiger partial charge in [0.15, 0.2) is 0 Å². The molecule has 0 aromatic heterocycles. The summed E-state index contributed by atoms with van der Waals surface area (Å²) in [6.45, 7) is 6.93. The molecular weight excluding hydrogens is 186 g/mol. The molecule has 0 atom stereocenters. The van der Waals surface area contributed by atoms with E-state index in [1.807, 2.05) is 43.0 Å². The lowest BCUT2D eigenvalue weighted by atomic mass is 9.92. The van der Waals surface area contributed by atoms with Crippen molar-refractivity contribution in [3.05, 3.63) is 29.8 Å². The van der Waals surface area contributed by atoms with E-state index in [0.29, 0.717) is 0 Å². The van der Waals surface area contributed by atoms with Crippen LogP contribution in [0.5, 0.6) is 0 Å². The number of hydrogen-bond acceptors (Lipinski definition) is 1. The molecule has 2 nitrogen and oxygen atoms in total. The lowest BCUT2D eigenvalue weighted by molar-refractivity contribution is -0.123. The minimum absolute atomic E-state index is 0.190. The Morgan fingerprint density at radius 1 is 1.20 bits per heavy atom. The smallest absolute Gasteiger partial charge is 0.232 e. The molecule has 0 unspecified atom stereocenters. The molecule has 1 aliphatic rings. The Morgan fingerprint density at radius 2 is 1.80 bits per heavy atom. The minimum atomic E-state index is -0.190. The number of hydrogen-bond donors (Lipinski definition) is 0. The highest BCUT2D eigenvalue weighted by atomic mass is 16.2. The Morgan fingerprint density at radius 3 is 2.27 bits per heavy atom. The third-order valence-corrected chi connectivity index (χ3v) is 3.13. The van der Waals surface area contributed by atoms with Crippen molar-refractivity contribution in [3.8, 4) is 0 Å². The van der Waals surface area contributed by atoms with Crippen LogP contribution in [0, 0.1) is 12.3 Å². The maximum absolute atomic E-state index is 12.0. The van der Waals surface area contributed by atoms with Crippen LogP contribution in [-0.4, -0.2) is 12.5 Å². The molecule has 1 amide bonds. The van der Waals surface area contributed by atoms with Gasteiger partial charge in [0.25, 0.3) is 0 Å². The van der Waals surface area contributed by atoms with Crippen molar-refractivity contribution in [2.24, 2.45) is 5.41 Å². The van der Waals surface area contributed by atoms with Crippen LogP contribution in [0.1, 0.15) is 25.8 Å². The normalized spacial score (nSPS) is 19.7. The Bertz CT molecular complexity index is 378. The lowest BCUT2D eigenvalue weighted by Gasteiger charge is -2.19. The molecule has 1 fully saturated rings. The average Bonchev–Trinajstić information content (AvgIpc) is 2.45. The minimum Gasteiger partial charge on any atom is -0.312 e. The summed E-state index contributed by atoms with van der Waals surface area (Å²) in [5, 5.41) is 0. The summed E-state index contributed by atoms with van der Waals surface area (Å²) in [6, 6.07) is 8.14. The Balaban J connectivity index is 2.27. The molecule has 15 heavy (non-hydrogen) atoms. The molecule has 80 valence electrons. The van der Waals surface area contributed by atoms with E-state index in [1.54, 1.807) is 0 Å². The summed E-state index contributed by atoms with van der Waals surface area (Å²) < 4.78 is 0. The number of nitrogens with zero attached hydrogens (tertiary/aromatic N) is 1. The highest BCUT2D eigenvalue weighted by Crippen LogP contribution is 2.33. The lowest BCUT2D eigenvalue weighted by Crippen LogP contribution is -2.30. The number of anilines is 1. The summed E-state index contributed by atoms with van der Waals surface area (Å²) >= 11 is 0. The fourth-order valence-electron chi connectivity index (χ4n) is 1.94. The Hall–Kier alpha value is -1.31. The van der Waals surface area contributed by atoms with Gasteiger partial charge in [0, 0.05) is 17.6 Å². The second-order valence-corrected chi connectivity index (χ2v) is 4.93. The zero-order chi connectivity index (χ0) is 11.1. The molecule has 1 aromatic rings. The monoisotopic (exact) mass is 203 g/mol. The van der Waals surface area contributed by atoms with E-state index in [0.717, 1.165) is 18.7 Å². The largest absolute Gasteiger partial charge is 0.312 e. The average molecular weight is 203 g/mol. The zero-order valence-corrected chi connectivity index (χ0v) is 9.58. The van der Waals surface area contributed by atoms with Gasteiger partial charge in [-0.15, -0.1) is 0 Å². The summed E-state index contributed by atoms with van der Waals surface area (Å²) in [6.07, 6.45) is 0.944. The molecule has 2 rings (SSSR count). The van der Waals surface area contributed by atoms with Gasteiger partial charge in [-0.1, -0.05) is 31.5 Å². The molecule has 2 heteroatoms. The van der Waals surface area contributed by atoms with E-state index >= 15 is 0 Å². The fraction of sp³-hybridized carbons (Fsp3) is 0.462. The van der Waals surface area contributed by atoms with Crippen LogP contribution in [0.2, 0.25) is 0 Å². The van der Waals surface area contributed by atoms with Gasteiger partial charge in [-0.3, -0.25) is 4.79 Å². The van der Waals surface area contributed by atoms with Crippen LogP contribution in [0.15, 0.2) is 24.3 Å². The number of amides is 1. The van der Waals surface area contributed by atoms with Crippen molar-refractivity contribution in [2.45, 2.75) is 27.2 Å². The number of rotatable bonds is 1. The van der Waals surface area contributed by atoms with E-state index in [1.165, 1.54) is 5.56 Å². The zero-order valence-electron chi connectivity index (χ0n) is 9.58. The maximum Gasteiger partial charge on any atom is 0.232 e. The van der Waals surface area contributed by atoms with E-state index in [-0.39, 0.29) is 11.3 Å². The Kier molecular flexibility index (Phi) is 2.29. The molecule has 1 aliphatic heterocycles. The molecule has 0 aliphatic carbocycles. The maximum atomic E-state index is 12.0. The first-order valence-electron chi connectivity index (χ1n) is 5.39. The second-order valence-electron chi connectivity index (χ2n) is 4.93. The number of aryl methyl sites for hydroxylation is 1. The van der Waals surface area contributed by atoms with E-state index in [2.05, 4.69) is 6.92 Å². The standard InChI is InChI=1S/C13H17NO/c1-10-4-6-11(7-5-10)14-9-8-13(2,3)12(14)15/h4-7H,8-9H2,1-3H3. The third kappa shape index (κ3) is 1.76. The molecular formula is C13H17NO. The number of carbonyl (C=O) groups is 1. The van der Waals surface area contributed by atoms with Gasteiger partial charge >= 0.3 is 0 Å². The number of carbonyl (C=O) groups excluding carboxylic acids is 1. The first-order chi connectivity index (χ1) is 7.00. The van der Waals surface area contributed by atoms with Gasteiger partial charge in [-0.2, -0.15) is 0 Å². The first kappa shape index (κ1) is 10.2. The molecule has 1 saturated heterocycles. The van der Waals surface area contributed by atoms with Gasteiger partial charge in [0.1, 0.15) is 0 Å². The molecule has 0 saturated carbocycles. The van der Waals surface area contributed by atoms with Crippen LogP contribution >= 0.6 is 0 Å². The van der Waals surface area contributed by atoms with Crippen molar-refractivity contribution in [1.82, 2.24) is 0 Å².